The van der Waals surface area contributed by atoms with Gasteiger partial charge in [-0.2, -0.15) is 0 Å². The van der Waals surface area contributed by atoms with Crippen molar-refractivity contribution in [3.8, 4) is 0 Å². The number of piperazine rings is 1. The van der Waals surface area contributed by atoms with Crippen LogP contribution in [0.3, 0.4) is 0 Å². The first-order chi connectivity index (χ1) is 13.6. The highest BCUT2D eigenvalue weighted by atomic mass is 19.1. The first-order valence-electron chi connectivity index (χ1n) is 10.1. The molecule has 150 valence electrons. The molecule has 1 fully saturated rings. The summed E-state index contributed by atoms with van der Waals surface area (Å²) in [5, 5.41) is 0. The van der Waals surface area contributed by atoms with Crippen LogP contribution in [-0.2, 0) is 17.8 Å². The fraction of sp³-hybridized carbons (Fsp3) is 0.435. The number of carbonyl (C=O) groups excluding carboxylic acids is 1. The Hall–Kier alpha value is -2.24. The van der Waals surface area contributed by atoms with Crippen LogP contribution in [0.4, 0.5) is 4.39 Å². The molecule has 1 amide bonds. The molecule has 0 N–H and O–H groups in total. The SMILES string of the molecule is CN1CCN(CCC(=O)N2CCc3ccccc3C2)CC1.Fc1ccccc1. The van der Waals surface area contributed by atoms with Gasteiger partial charge in [0.05, 0.1) is 0 Å². The molecule has 0 unspecified atom stereocenters. The van der Waals surface area contributed by atoms with Crippen molar-refractivity contribution < 1.29 is 9.18 Å². The van der Waals surface area contributed by atoms with Crippen LogP contribution in [0, 0.1) is 5.82 Å². The van der Waals surface area contributed by atoms with E-state index in [1.54, 1.807) is 18.2 Å². The highest BCUT2D eigenvalue weighted by Crippen LogP contribution is 2.19. The zero-order chi connectivity index (χ0) is 19.8. The quantitative estimate of drug-likeness (QED) is 0.815. The number of fused-ring (bicyclic) bond motifs is 1. The maximum absolute atomic E-state index is 12.4. The lowest BCUT2D eigenvalue weighted by Crippen LogP contribution is -2.46. The van der Waals surface area contributed by atoms with Gasteiger partial charge in [0.2, 0.25) is 5.91 Å². The zero-order valence-electron chi connectivity index (χ0n) is 16.7. The Morgan fingerprint density at radius 2 is 1.54 bits per heavy atom. The minimum atomic E-state index is -0.178. The Morgan fingerprint density at radius 3 is 2.18 bits per heavy atom. The maximum Gasteiger partial charge on any atom is 0.224 e. The lowest BCUT2D eigenvalue weighted by atomic mass is 10.00. The summed E-state index contributed by atoms with van der Waals surface area (Å²) in [5.74, 6) is 0.130. The zero-order valence-corrected chi connectivity index (χ0v) is 16.7. The average molecular weight is 384 g/mol. The molecule has 4 nitrogen and oxygen atoms in total. The normalized spacial score (nSPS) is 17.4. The highest BCUT2D eigenvalue weighted by Gasteiger charge is 2.21. The first kappa shape index (κ1) is 20.5. The van der Waals surface area contributed by atoms with Crippen molar-refractivity contribution in [2.45, 2.75) is 19.4 Å². The summed E-state index contributed by atoms with van der Waals surface area (Å²) in [7, 11) is 2.16. The van der Waals surface area contributed by atoms with Crippen LogP contribution in [0.5, 0.6) is 0 Å². The highest BCUT2D eigenvalue weighted by molar-refractivity contribution is 5.76. The van der Waals surface area contributed by atoms with E-state index in [-0.39, 0.29) is 5.82 Å². The second kappa shape index (κ2) is 10.3. The minimum absolute atomic E-state index is 0.178. The van der Waals surface area contributed by atoms with E-state index in [1.807, 2.05) is 4.90 Å². The second-order valence-electron chi connectivity index (χ2n) is 7.52. The number of hydrogen-bond acceptors (Lipinski definition) is 3. The lowest BCUT2D eigenvalue weighted by Gasteiger charge is -2.33. The van der Waals surface area contributed by atoms with Gasteiger partial charge in [0.15, 0.2) is 0 Å². The van der Waals surface area contributed by atoms with Gasteiger partial charge in [0.1, 0.15) is 5.82 Å². The van der Waals surface area contributed by atoms with E-state index in [0.29, 0.717) is 12.3 Å². The van der Waals surface area contributed by atoms with E-state index >= 15 is 0 Å². The van der Waals surface area contributed by atoms with Crippen LogP contribution in [0.15, 0.2) is 54.6 Å². The molecule has 0 radical (unpaired) electrons. The summed E-state index contributed by atoms with van der Waals surface area (Å²) in [6.45, 7) is 6.98. The van der Waals surface area contributed by atoms with Crippen LogP contribution in [-0.4, -0.2) is 66.9 Å². The van der Waals surface area contributed by atoms with Crippen LogP contribution in [0.1, 0.15) is 17.5 Å². The van der Waals surface area contributed by atoms with E-state index in [0.717, 1.165) is 52.2 Å². The standard InChI is InChI=1S/C17H25N3O.C6H5F/c1-18-10-12-19(13-11-18)8-7-17(21)20-9-6-15-4-2-3-5-16(15)14-20;7-6-4-2-1-3-5-6/h2-5H,6-14H2,1H3;1-5H. The van der Waals surface area contributed by atoms with Gasteiger partial charge in [-0.1, -0.05) is 42.5 Å². The average Bonchev–Trinajstić information content (AvgIpc) is 2.74. The number of carbonyl (C=O) groups is 1. The molecule has 0 aromatic heterocycles. The van der Waals surface area contributed by atoms with Crippen molar-refractivity contribution in [1.82, 2.24) is 14.7 Å². The van der Waals surface area contributed by atoms with Gasteiger partial charge >= 0.3 is 0 Å². The summed E-state index contributed by atoms with van der Waals surface area (Å²) in [6.07, 6.45) is 1.66. The maximum atomic E-state index is 12.4. The molecule has 2 aromatic carbocycles. The first-order valence-corrected chi connectivity index (χ1v) is 10.1. The molecule has 2 heterocycles. The summed E-state index contributed by atoms with van der Waals surface area (Å²) >= 11 is 0. The molecule has 0 bridgehead atoms. The molecule has 1 saturated heterocycles. The van der Waals surface area contributed by atoms with Gasteiger partial charge in [-0.25, -0.2) is 4.39 Å². The number of benzene rings is 2. The van der Waals surface area contributed by atoms with Gasteiger partial charge < -0.3 is 14.7 Å². The van der Waals surface area contributed by atoms with Crippen molar-refractivity contribution in [3.05, 3.63) is 71.5 Å². The Bertz CT molecular complexity index is 745. The molecule has 5 heteroatoms. The van der Waals surface area contributed by atoms with Crippen LogP contribution in [0.2, 0.25) is 0 Å². The number of hydrogen-bond donors (Lipinski definition) is 0. The predicted octanol–water partition coefficient (Wildman–Crippen LogP) is 3.03. The van der Waals surface area contributed by atoms with Gasteiger partial charge in [-0.15, -0.1) is 0 Å². The number of likely N-dealkylation sites (N-methyl/N-ethyl adjacent to an activating group) is 1. The molecule has 28 heavy (non-hydrogen) atoms. The van der Waals surface area contributed by atoms with Crippen molar-refractivity contribution >= 4 is 5.91 Å². The number of nitrogens with zero attached hydrogens (tertiary/aromatic N) is 3. The van der Waals surface area contributed by atoms with Crippen LogP contribution < -0.4 is 0 Å². The van der Waals surface area contributed by atoms with Gasteiger partial charge in [-0.3, -0.25) is 4.79 Å². The van der Waals surface area contributed by atoms with Gasteiger partial charge in [-0.05, 0) is 36.7 Å². The third-order valence-corrected chi connectivity index (χ3v) is 5.45. The van der Waals surface area contributed by atoms with Crippen LogP contribution in [0.25, 0.3) is 0 Å². The summed E-state index contributed by atoms with van der Waals surface area (Å²) in [4.78, 5) is 19.2. The van der Waals surface area contributed by atoms with E-state index in [4.69, 9.17) is 0 Å². The van der Waals surface area contributed by atoms with Crippen molar-refractivity contribution in [1.29, 1.82) is 0 Å². The monoisotopic (exact) mass is 383 g/mol. The summed E-state index contributed by atoms with van der Waals surface area (Å²) < 4.78 is 11.9. The number of rotatable bonds is 3. The molecule has 0 atom stereocenters. The Morgan fingerprint density at radius 1 is 0.893 bits per heavy atom. The minimum Gasteiger partial charge on any atom is -0.338 e. The van der Waals surface area contributed by atoms with E-state index in [1.165, 1.54) is 23.3 Å². The van der Waals surface area contributed by atoms with Gasteiger partial charge in [0.25, 0.3) is 0 Å². The topological polar surface area (TPSA) is 26.8 Å². The molecular weight excluding hydrogens is 353 g/mol. The van der Waals surface area contributed by atoms with Crippen molar-refractivity contribution in [2.75, 3.05) is 46.3 Å². The fourth-order valence-corrected chi connectivity index (χ4v) is 3.61. The molecule has 2 aliphatic heterocycles. The number of amides is 1. The van der Waals surface area contributed by atoms with E-state index in [2.05, 4.69) is 41.1 Å². The second-order valence-corrected chi connectivity index (χ2v) is 7.52. The van der Waals surface area contributed by atoms with E-state index < -0.39 is 0 Å². The third-order valence-electron chi connectivity index (χ3n) is 5.45. The molecule has 4 rings (SSSR count). The molecule has 2 aromatic rings. The molecule has 0 saturated carbocycles. The number of halogens is 1. The van der Waals surface area contributed by atoms with Crippen LogP contribution >= 0.6 is 0 Å². The summed E-state index contributed by atoms with van der Waals surface area (Å²) in [5.41, 5.74) is 2.72. The van der Waals surface area contributed by atoms with Crippen molar-refractivity contribution in [2.24, 2.45) is 0 Å². The molecular formula is C23H30FN3O. The largest absolute Gasteiger partial charge is 0.338 e. The van der Waals surface area contributed by atoms with Gasteiger partial charge in [0, 0.05) is 52.2 Å². The molecule has 0 aliphatic carbocycles. The Labute approximate surface area is 167 Å². The fourth-order valence-electron chi connectivity index (χ4n) is 3.61. The lowest BCUT2D eigenvalue weighted by molar-refractivity contribution is -0.132. The smallest absolute Gasteiger partial charge is 0.224 e. The van der Waals surface area contributed by atoms with E-state index in [9.17, 15) is 9.18 Å². The predicted molar refractivity (Wildman–Crippen MR) is 111 cm³/mol. The third kappa shape index (κ3) is 6.14. The summed E-state index contributed by atoms with van der Waals surface area (Å²) in [6, 6.07) is 16.4. The Kier molecular flexibility index (Phi) is 7.57. The van der Waals surface area contributed by atoms with Crippen molar-refractivity contribution in [3.63, 3.8) is 0 Å². The molecule has 2 aliphatic rings. The molecule has 0 spiro atoms. The Balaban J connectivity index is 0.000000271.